The Morgan fingerprint density at radius 1 is 1.10 bits per heavy atom. The molecule has 0 unspecified atom stereocenters. The second kappa shape index (κ2) is 10.4. The lowest BCUT2D eigenvalue weighted by atomic mass is 9.81. The lowest BCUT2D eigenvalue weighted by Crippen LogP contribution is -2.37. The van der Waals surface area contributed by atoms with Gasteiger partial charge in [-0.15, -0.1) is 0 Å². The second-order valence-corrected chi connectivity index (χ2v) is 9.40. The van der Waals surface area contributed by atoms with E-state index in [1.807, 2.05) is 19.1 Å². The van der Waals surface area contributed by atoms with Crippen LogP contribution in [0.3, 0.4) is 0 Å². The topological polar surface area (TPSA) is 40.5 Å². The van der Waals surface area contributed by atoms with Crippen LogP contribution in [0, 0.1) is 25.7 Å². The van der Waals surface area contributed by atoms with Crippen molar-refractivity contribution in [2.45, 2.75) is 52.5 Å². The van der Waals surface area contributed by atoms with Crippen LogP contribution in [0.4, 0.5) is 0 Å². The number of rotatable bonds is 7. The van der Waals surface area contributed by atoms with Crippen molar-refractivity contribution >= 4 is 34.8 Å². The maximum absolute atomic E-state index is 11.3. The Kier molecular flexibility index (Phi) is 7.90. The minimum Gasteiger partial charge on any atom is -0.481 e. The van der Waals surface area contributed by atoms with Gasteiger partial charge in [0, 0.05) is 24.5 Å². The highest BCUT2D eigenvalue weighted by Gasteiger charge is 2.27. The average Bonchev–Trinajstić information content (AvgIpc) is 2.72. The van der Waals surface area contributed by atoms with E-state index in [-0.39, 0.29) is 5.92 Å². The number of benzene rings is 2. The Morgan fingerprint density at radius 3 is 2.43 bits per heavy atom. The van der Waals surface area contributed by atoms with Gasteiger partial charge in [-0.3, -0.25) is 4.79 Å². The van der Waals surface area contributed by atoms with Gasteiger partial charge in [0.1, 0.15) is 0 Å². The number of carboxylic acid groups (broad SMARTS) is 1. The van der Waals surface area contributed by atoms with Gasteiger partial charge < -0.3 is 10.0 Å². The van der Waals surface area contributed by atoms with Crippen molar-refractivity contribution in [2.75, 3.05) is 6.54 Å². The molecule has 1 aliphatic rings. The van der Waals surface area contributed by atoms with Gasteiger partial charge in [-0.1, -0.05) is 60.2 Å². The monoisotopic (exact) mass is 443 g/mol. The number of halogens is 1. The van der Waals surface area contributed by atoms with Crippen molar-refractivity contribution in [3.8, 4) is 0 Å². The third kappa shape index (κ3) is 6.05. The summed E-state index contributed by atoms with van der Waals surface area (Å²) in [5.41, 5.74) is 4.79. The van der Waals surface area contributed by atoms with Crippen LogP contribution in [0.15, 0.2) is 42.5 Å². The van der Waals surface area contributed by atoms with Gasteiger partial charge in [0.15, 0.2) is 0 Å². The number of thiocarbonyl (C=S) groups is 1. The van der Waals surface area contributed by atoms with E-state index in [2.05, 4.69) is 42.2 Å². The molecule has 1 aliphatic carbocycles. The third-order valence-corrected chi connectivity index (χ3v) is 7.05. The summed E-state index contributed by atoms with van der Waals surface area (Å²) in [5.74, 6) is -0.358. The van der Waals surface area contributed by atoms with E-state index in [0.29, 0.717) is 12.3 Å². The summed E-state index contributed by atoms with van der Waals surface area (Å²) in [4.78, 5) is 14.5. The summed E-state index contributed by atoms with van der Waals surface area (Å²) >= 11 is 12.1. The van der Waals surface area contributed by atoms with Crippen molar-refractivity contribution in [1.82, 2.24) is 4.90 Å². The average molecular weight is 444 g/mol. The van der Waals surface area contributed by atoms with E-state index in [0.717, 1.165) is 54.3 Å². The van der Waals surface area contributed by atoms with Gasteiger partial charge >= 0.3 is 5.97 Å². The molecular formula is C25H30ClNO2S. The number of aliphatic carboxylic acids is 1. The van der Waals surface area contributed by atoms with Crippen LogP contribution in [0.2, 0.25) is 5.02 Å². The number of hydrogen-bond acceptors (Lipinski definition) is 2. The molecule has 0 radical (unpaired) electrons. The van der Waals surface area contributed by atoms with Crippen LogP contribution in [0.25, 0.3) is 0 Å². The number of nitrogens with zero attached hydrogens (tertiary/aromatic N) is 1. The van der Waals surface area contributed by atoms with Crippen LogP contribution in [-0.2, 0) is 17.8 Å². The summed E-state index contributed by atoms with van der Waals surface area (Å²) in [5, 5.41) is 10.1. The molecule has 0 aliphatic heterocycles. The number of carboxylic acids is 1. The fourth-order valence-corrected chi connectivity index (χ4v) is 4.68. The van der Waals surface area contributed by atoms with E-state index in [1.165, 1.54) is 16.7 Å². The van der Waals surface area contributed by atoms with Crippen molar-refractivity contribution in [2.24, 2.45) is 11.8 Å². The Hall–Kier alpha value is -1.91. The van der Waals surface area contributed by atoms with Gasteiger partial charge in [-0.25, -0.2) is 0 Å². The molecule has 0 bridgehead atoms. The molecule has 5 heteroatoms. The molecule has 1 N–H and O–H groups in total. The summed E-state index contributed by atoms with van der Waals surface area (Å²) < 4.78 is 0. The first kappa shape index (κ1) is 22.8. The zero-order valence-corrected chi connectivity index (χ0v) is 19.3. The molecular weight excluding hydrogens is 414 g/mol. The summed E-state index contributed by atoms with van der Waals surface area (Å²) in [6.07, 6.45) is 4.14. The van der Waals surface area contributed by atoms with Crippen LogP contribution in [-0.4, -0.2) is 27.5 Å². The largest absolute Gasteiger partial charge is 0.481 e. The van der Waals surface area contributed by atoms with Gasteiger partial charge in [0.25, 0.3) is 0 Å². The fraction of sp³-hybridized carbons (Fsp3) is 0.440. The first-order chi connectivity index (χ1) is 14.3. The second-order valence-electron chi connectivity index (χ2n) is 8.52. The van der Waals surface area contributed by atoms with E-state index < -0.39 is 5.97 Å². The van der Waals surface area contributed by atoms with Crippen LogP contribution < -0.4 is 0 Å². The van der Waals surface area contributed by atoms with Gasteiger partial charge in [-0.05, 0) is 73.8 Å². The zero-order chi connectivity index (χ0) is 21.7. The van der Waals surface area contributed by atoms with Gasteiger partial charge in [0.05, 0.1) is 10.9 Å². The number of carbonyl (C=O) groups is 1. The molecule has 3 rings (SSSR count). The van der Waals surface area contributed by atoms with Crippen molar-refractivity contribution in [1.29, 1.82) is 0 Å². The molecule has 0 saturated heterocycles. The van der Waals surface area contributed by atoms with E-state index >= 15 is 0 Å². The van der Waals surface area contributed by atoms with Crippen LogP contribution in [0.1, 0.15) is 47.9 Å². The molecule has 0 amide bonds. The van der Waals surface area contributed by atoms with Crippen LogP contribution in [0.5, 0.6) is 0 Å². The summed E-state index contributed by atoms with van der Waals surface area (Å²) in [7, 11) is 0. The lowest BCUT2D eigenvalue weighted by Gasteiger charge is -2.33. The summed E-state index contributed by atoms with van der Waals surface area (Å²) in [6, 6.07) is 14.5. The zero-order valence-electron chi connectivity index (χ0n) is 17.7. The maximum atomic E-state index is 11.3. The highest BCUT2D eigenvalue weighted by molar-refractivity contribution is 7.80. The first-order valence-corrected chi connectivity index (χ1v) is 11.4. The minimum absolute atomic E-state index is 0.185. The molecule has 1 fully saturated rings. The summed E-state index contributed by atoms with van der Waals surface area (Å²) in [6.45, 7) is 5.82. The van der Waals surface area contributed by atoms with Crippen molar-refractivity contribution in [3.05, 3.63) is 69.7 Å². The molecule has 1 saturated carbocycles. The molecule has 30 heavy (non-hydrogen) atoms. The highest BCUT2D eigenvalue weighted by atomic mass is 35.5. The number of hydrogen-bond donors (Lipinski definition) is 1. The Bertz CT molecular complexity index is 906. The smallest absolute Gasteiger partial charge is 0.306 e. The predicted octanol–water partition coefficient (Wildman–Crippen LogP) is 6.22. The molecule has 0 atom stereocenters. The molecule has 0 heterocycles. The van der Waals surface area contributed by atoms with Crippen molar-refractivity contribution in [3.63, 3.8) is 0 Å². The van der Waals surface area contributed by atoms with E-state index in [4.69, 9.17) is 23.8 Å². The maximum Gasteiger partial charge on any atom is 0.306 e. The van der Waals surface area contributed by atoms with Crippen LogP contribution >= 0.6 is 23.8 Å². The first-order valence-electron chi connectivity index (χ1n) is 10.6. The van der Waals surface area contributed by atoms with Gasteiger partial charge in [-0.2, -0.15) is 0 Å². The molecule has 0 aromatic heterocycles. The van der Waals surface area contributed by atoms with Crippen molar-refractivity contribution < 1.29 is 9.90 Å². The van der Waals surface area contributed by atoms with E-state index in [1.54, 1.807) is 0 Å². The quantitative estimate of drug-likeness (QED) is 0.515. The molecule has 0 spiro atoms. The standard InChI is InChI=1S/C25H30ClNO2S/c1-17-5-3-4-6-22(17)16-27(15-19-7-10-21(11-8-19)25(28)29)24(30)14-20-9-12-23(26)18(2)13-20/h3-6,9,12-13,19,21H,7-8,10-11,14-16H2,1-2H3,(H,28,29). The molecule has 3 nitrogen and oxygen atoms in total. The highest BCUT2D eigenvalue weighted by Crippen LogP contribution is 2.30. The SMILES string of the molecule is Cc1cc(CC(=S)N(Cc2ccccc2C)CC2CCC(C(=O)O)CC2)ccc1Cl. The Morgan fingerprint density at radius 2 is 1.80 bits per heavy atom. The molecule has 2 aromatic rings. The normalized spacial score (nSPS) is 18.8. The minimum atomic E-state index is -0.654. The fourth-order valence-electron chi connectivity index (χ4n) is 4.25. The predicted molar refractivity (Wildman–Crippen MR) is 127 cm³/mol. The van der Waals surface area contributed by atoms with Gasteiger partial charge in [0.2, 0.25) is 0 Å². The Labute approximate surface area is 190 Å². The number of aryl methyl sites for hydroxylation is 2. The lowest BCUT2D eigenvalue weighted by molar-refractivity contribution is -0.143. The van der Waals surface area contributed by atoms with E-state index in [9.17, 15) is 9.90 Å². The Balaban J connectivity index is 1.73. The third-order valence-electron chi connectivity index (χ3n) is 6.23. The molecule has 2 aromatic carbocycles. The molecule has 160 valence electrons.